The van der Waals surface area contributed by atoms with E-state index in [2.05, 4.69) is 25.7 Å². The maximum absolute atomic E-state index is 11.9. The molecule has 0 aromatic carbocycles. The van der Waals surface area contributed by atoms with Gasteiger partial charge in [0.1, 0.15) is 13.2 Å². The third-order valence-electron chi connectivity index (χ3n) is 2.26. The lowest BCUT2D eigenvalue weighted by Crippen LogP contribution is -2.43. The van der Waals surface area contributed by atoms with Crippen LogP contribution in [0.25, 0.3) is 0 Å². The second-order valence-corrected chi connectivity index (χ2v) is 5.94. The summed E-state index contributed by atoms with van der Waals surface area (Å²) in [5, 5.41) is 8.67. The van der Waals surface area contributed by atoms with E-state index < -0.39 is 12.8 Å². The molecule has 0 aliphatic rings. The number of hydrogen-bond donors (Lipinski definition) is 3. The van der Waals surface area contributed by atoms with Crippen LogP contribution >= 0.6 is 24.0 Å². The summed E-state index contributed by atoms with van der Waals surface area (Å²) in [6.07, 6.45) is -3.90. The molecule has 0 spiro atoms. The van der Waals surface area contributed by atoms with Gasteiger partial charge < -0.3 is 20.7 Å². The predicted molar refractivity (Wildman–Crippen MR) is 98.8 cm³/mol. The lowest BCUT2D eigenvalue weighted by Gasteiger charge is -2.20. The van der Waals surface area contributed by atoms with Crippen molar-refractivity contribution in [3.63, 3.8) is 0 Å². The second-order valence-electron chi connectivity index (χ2n) is 5.94. The Morgan fingerprint density at radius 1 is 1.17 bits per heavy atom. The first-order valence-corrected chi connectivity index (χ1v) is 7.51. The average Bonchev–Trinajstić information content (AvgIpc) is 2.36. The Morgan fingerprint density at radius 2 is 1.79 bits per heavy atom. The van der Waals surface area contributed by atoms with Crippen LogP contribution in [0.2, 0.25) is 0 Å². The first-order valence-electron chi connectivity index (χ1n) is 7.51. The van der Waals surface area contributed by atoms with E-state index in [1.165, 1.54) is 0 Å². The molecule has 0 aromatic rings. The van der Waals surface area contributed by atoms with Crippen LogP contribution in [0.1, 0.15) is 34.1 Å². The molecule has 0 rings (SSSR count). The summed E-state index contributed by atoms with van der Waals surface area (Å²) in [4.78, 5) is 15.8. The minimum Gasteiger partial charge on any atom is -0.372 e. The van der Waals surface area contributed by atoms with Crippen molar-refractivity contribution >= 4 is 35.8 Å². The first-order chi connectivity index (χ1) is 10.5. The highest BCUT2D eigenvalue weighted by Gasteiger charge is 2.27. The molecule has 0 unspecified atom stereocenters. The monoisotopic (exact) mass is 468 g/mol. The minimum absolute atomic E-state index is 0. The largest absolute Gasteiger partial charge is 0.411 e. The predicted octanol–water partition coefficient (Wildman–Crippen LogP) is 2.04. The van der Waals surface area contributed by atoms with Gasteiger partial charge in [0, 0.05) is 25.2 Å². The van der Waals surface area contributed by atoms with Gasteiger partial charge in [-0.15, -0.1) is 24.0 Å². The summed E-state index contributed by atoms with van der Waals surface area (Å²) in [5.74, 6) is 0.232. The number of carbonyl (C=O) groups is 1. The van der Waals surface area contributed by atoms with Crippen molar-refractivity contribution < 1.29 is 22.7 Å². The van der Waals surface area contributed by atoms with E-state index in [1.54, 1.807) is 0 Å². The molecule has 0 aromatic heterocycles. The molecule has 0 heterocycles. The minimum atomic E-state index is -4.30. The molecule has 0 saturated heterocycles. The summed E-state index contributed by atoms with van der Waals surface area (Å²) in [6, 6.07) is 0. The van der Waals surface area contributed by atoms with Gasteiger partial charge in [0.2, 0.25) is 5.91 Å². The lowest BCUT2D eigenvalue weighted by atomic mass is 10.1. The smallest absolute Gasteiger partial charge is 0.372 e. The van der Waals surface area contributed by atoms with Gasteiger partial charge in [-0.3, -0.25) is 4.79 Å². The summed E-state index contributed by atoms with van der Waals surface area (Å²) in [5.41, 5.74) is -0.325. The quantitative estimate of drug-likeness (QED) is 0.221. The number of alkyl halides is 3. The standard InChI is InChI=1S/C14H27F3N4O2.HI/c1-5-18-12(20-9-11(22)21-13(2,3)4)19-7-6-8-23-10-14(15,16)17;/h5-10H2,1-4H3,(H,21,22)(H2,18,19,20);1H. The third-order valence-corrected chi connectivity index (χ3v) is 2.26. The summed E-state index contributed by atoms with van der Waals surface area (Å²) in [6.45, 7) is 7.22. The average molecular weight is 468 g/mol. The van der Waals surface area contributed by atoms with Gasteiger partial charge in [-0.1, -0.05) is 0 Å². The van der Waals surface area contributed by atoms with E-state index in [-0.39, 0.29) is 48.6 Å². The van der Waals surface area contributed by atoms with Gasteiger partial charge in [0.05, 0.1) is 0 Å². The van der Waals surface area contributed by atoms with Crippen molar-refractivity contribution in [1.82, 2.24) is 16.0 Å². The zero-order valence-electron chi connectivity index (χ0n) is 14.5. The number of guanidine groups is 1. The number of nitrogens with one attached hydrogen (secondary N) is 3. The lowest BCUT2D eigenvalue weighted by molar-refractivity contribution is -0.173. The number of aliphatic imine (C=N–C) groups is 1. The highest BCUT2D eigenvalue weighted by Crippen LogP contribution is 2.14. The molecule has 0 saturated carbocycles. The van der Waals surface area contributed by atoms with Crippen molar-refractivity contribution in [3.05, 3.63) is 0 Å². The normalized spacial score (nSPS) is 12.4. The molecule has 24 heavy (non-hydrogen) atoms. The Morgan fingerprint density at radius 3 is 2.29 bits per heavy atom. The van der Waals surface area contributed by atoms with Crippen molar-refractivity contribution in [3.8, 4) is 0 Å². The molecule has 0 fully saturated rings. The molecule has 10 heteroatoms. The Kier molecular flexibility index (Phi) is 13.3. The second kappa shape index (κ2) is 12.6. The van der Waals surface area contributed by atoms with E-state index >= 15 is 0 Å². The number of halogens is 4. The molecule has 0 aliphatic carbocycles. The van der Waals surface area contributed by atoms with Crippen LogP contribution in [0, 0.1) is 0 Å². The molecule has 3 N–H and O–H groups in total. The van der Waals surface area contributed by atoms with Crippen molar-refractivity contribution in [1.29, 1.82) is 0 Å². The van der Waals surface area contributed by atoms with Crippen LogP contribution in [-0.2, 0) is 9.53 Å². The Bertz CT molecular complexity index is 385. The molecular formula is C14H28F3IN4O2. The van der Waals surface area contributed by atoms with Gasteiger partial charge in [0.25, 0.3) is 0 Å². The SMILES string of the molecule is CCNC(=NCC(=O)NC(C)(C)C)NCCCOCC(F)(F)F.I. The van der Waals surface area contributed by atoms with Crippen LogP contribution in [0.4, 0.5) is 13.2 Å². The van der Waals surface area contributed by atoms with Crippen molar-refractivity contribution in [2.75, 3.05) is 32.8 Å². The maximum Gasteiger partial charge on any atom is 0.411 e. The van der Waals surface area contributed by atoms with E-state index in [1.807, 2.05) is 27.7 Å². The van der Waals surface area contributed by atoms with Gasteiger partial charge in [0.15, 0.2) is 5.96 Å². The zero-order chi connectivity index (χ0) is 17.9. The van der Waals surface area contributed by atoms with Gasteiger partial charge in [-0.2, -0.15) is 13.2 Å². The number of hydrogen-bond acceptors (Lipinski definition) is 3. The van der Waals surface area contributed by atoms with E-state index in [4.69, 9.17) is 0 Å². The number of nitrogens with zero attached hydrogens (tertiary/aromatic N) is 1. The van der Waals surface area contributed by atoms with Crippen molar-refractivity contribution in [2.24, 2.45) is 4.99 Å². The molecule has 0 atom stereocenters. The Hall–Kier alpha value is -0.780. The van der Waals surface area contributed by atoms with E-state index in [9.17, 15) is 18.0 Å². The molecule has 6 nitrogen and oxygen atoms in total. The summed E-state index contributed by atoms with van der Waals surface area (Å²) in [7, 11) is 0. The maximum atomic E-state index is 11.9. The third kappa shape index (κ3) is 17.6. The van der Waals surface area contributed by atoms with E-state index in [0.717, 1.165) is 0 Å². The fourth-order valence-corrected chi connectivity index (χ4v) is 1.52. The van der Waals surface area contributed by atoms with Gasteiger partial charge in [-0.05, 0) is 34.1 Å². The number of ether oxygens (including phenoxy) is 1. The Labute approximate surface area is 158 Å². The van der Waals surface area contributed by atoms with Crippen LogP contribution < -0.4 is 16.0 Å². The van der Waals surface area contributed by atoms with Gasteiger partial charge in [-0.25, -0.2) is 4.99 Å². The van der Waals surface area contributed by atoms with Crippen LogP contribution in [0.5, 0.6) is 0 Å². The number of rotatable bonds is 8. The Balaban J connectivity index is 0. The number of amides is 1. The number of carbonyl (C=O) groups excluding carboxylic acids is 1. The summed E-state index contributed by atoms with van der Waals surface area (Å²) >= 11 is 0. The topological polar surface area (TPSA) is 74.8 Å². The molecule has 0 radical (unpaired) electrons. The van der Waals surface area contributed by atoms with Crippen LogP contribution in [0.15, 0.2) is 4.99 Å². The van der Waals surface area contributed by atoms with Gasteiger partial charge >= 0.3 is 6.18 Å². The first kappa shape index (κ1) is 25.5. The molecule has 0 bridgehead atoms. The molecular weight excluding hydrogens is 440 g/mol. The van der Waals surface area contributed by atoms with Crippen molar-refractivity contribution in [2.45, 2.75) is 45.8 Å². The fraction of sp³-hybridized carbons (Fsp3) is 0.857. The molecule has 0 aliphatic heterocycles. The highest BCUT2D eigenvalue weighted by atomic mass is 127. The van der Waals surface area contributed by atoms with Crippen LogP contribution in [0.3, 0.4) is 0 Å². The zero-order valence-corrected chi connectivity index (χ0v) is 16.9. The fourth-order valence-electron chi connectivity index (χ4n) is 1.52. The molecule has 144 valence electrons. The summed E-state index contributed by atoms with van der Waals surface area (Å²) < 4.78 is 40.1. The molecule has 1 amide bonds. The highest BCUT2D eigenvalue weighted by molar-refractivity contribution is 14.0. The van der Waals surface area contributed by atoms with E-state index in [0.29, 0.717) is 25.5 Å². The van der Waals surface area contributed by atoms with Crippen LogP contribution in [-0.4, -0.2) is 56.4 Å².